The molecule has 0 aromatic heterocycles. The molecule has 0 N–H and O–H groups in total. The molecule has 0 aliphatic heterocycles. The van der Waals surface area contributed by atoms with E-state index in [0.29, 0.717) is 25.0 Å². The number of nitrogens with zero attached hydrogens (tertiary/aromatic N) is 1. The van der Waals surface area contributed by atoms with E-state index in [1.54, 1.807) is 0 Å². The van der Waals surface area contributed by atoms with Gasteiger partial charge in [-0.05, 0) is 79.9 Å². The van der Waals surface area contributed by atoms with Crippen LogP contribution >= 0.6 is 12.4 Å². The smallest absolute Gasteiger partial charge is 0.125 e. The van der Waals surface area contributed by atoms with Gasteiger partial charge in [-0.25, -0.2) is 0 Å². The van der Waals surface area contributed by atoms with Crippen LogP contribution in [0.1, 0.15) is 55.5 Å². The molecule has 0 spiro atoms. The van der Waals surface area contributed by atoms with E-state index in [2.05, 4.69) is 90.0 Å². The van der Waals surface area contributed by atoms with Crippen LogP contribution in [-0.2, 0) is 30.5 Å². The number of aryl methyl sites for hydroxylation is 1. The molecule has 2 aromatic rings. The molecule has 0 radical (unpaired) electrons. The molecule has 3 nitrogen and oxygen atoms in total. The van der Waals surface area contributed by atoms with Crippen molar-refractivity contribution in [2.24, 2.45) is 11.8 Å². The number of ether oxygens (including phenoxy) is 2. The van der Waals surface area contributed by atoms with Crippen molar-refractivity contribution in [1.29, 1.82) is 0 Å². The monoisotopic (exact) mass is 461 g/mol. The van der Waals surface area contributed by atoms with Crippen LogP contribution < -0.4 is 4.74 Å². The van der Waals surface area contributed by atoms with Crippen LogP contribution in [0.25, 0.3) is 0 Å². The van der Waals surface area contributed by atoms with Crippen molar-refractivity contribution < 1.29 is 9.47 Å². The van der Waals surface area contributed by atoms with Gasteiger partial charge >= 0.3 is 0 Å². The van der Waals surface area contributed by atoms with Gasteiger partial charge in [0.1, 0.15) is 12.4 Å². The maximum absolute atomic E-state index is 6.27. The topological polar surface area (TPSA) is 21.7 Å². The van der Waals surface area contributed by atoms with Crippen LogP contribution in [0.3, 0.4) is 0 Å². The summed E-state index contributed by atoms with van der Waals surface area (Å²) in [5, 5.41) is 0. The quantitative estimate of drug-likeness (QED) is 0.317. The van der Waals surface area contributed by atoms with E-state index < -0.39 is 0 Å². The van der Waals surface area contributed by atoms with Crippen LogP contribution in [0.4, 0.5) is 0 Å². The zero-order valence-electron chi connectivity index (χ0n) is 21.2. The summed E-state index contributed by atoms with van der Waals surface area (Å²) in [6.07, 6.45) is 3.09. The lowest BCUT2D eigenvalue weighted by Gasteiger charge is -2.20. The molecular weight excluding hydrogens is 418 g/mol. The Morgan fingerprint density at radius 1 is 0.781 bits per heavy atom. The van der Waals surface area contributed by atoms with Crippen molar-refractivity contribution in [3.05, 3.63) is 64.2 Å². The molecule has 0 saturated heterocycles. The lowest BCUT2D eigenvalue weighted by Crippen LogP contribution is -2.13. The molecule has 2 rings (SSSR count). The largest absolute Gasteiger partial charge is 0.491 e. The minimum absolute atomic E-state index is 0. The van der Waals surface area contributed by atoms with E-state index >= 15 is 0 Å². The van der Waals surface area contributed by atoms with E-state index in [-0.39, 0.29) is 12.4 Å². The van der Waals surface area contributed by atoms with Crippen LogP contribution in [-0.4, -0.2) is 38.8 Å². The van der Waals surface area contributed by atoms with Gasteiger partial charge in [0, 0.05) is 6.54 Å². The third-order valence-corrected chi connectivity index (χ3v) is 5.33. The van der Waals surface area contributed by atoms with E-state index in [0.717, 1.165) is 38.2 Å². The minimum Gasteiger partial charge on any atom is -0.491 e. The Balaban J connectivity index is 0.00000512. The van der Waals surface area contributed by atoms with Gasteiger partial charge in [-0.15, -0.1) is 12.4 Å². The summed E-state index contributed by atoms with van der Waals surface area (Å²) in [4.78, 5) is 2.19. The molecule has 180 valence electrons. The molecular formula is C28H44ClNO2. The highest BCUT2D eigenvalue weighted by Gasteiger charge is 2.15. The fraction of sp³-hybridized carbons (Fsp3) is 0.571. The predicted octanol–water partition coefficient (Wildman–Crippen LogP) is 6.51. The first-order valence-electron chi connectivity index (χ1n) is 11.8. The maximum atomic E-state index is 6.27. The van der Waals surface area contributed by atoms with Gasteiger partial charge in [-0.3, -0.25) is 0 Å². The molecule has 2 aromatic carbocycles. The summed E-state index contributed by atoms with van der Waals surface area (Å²) in [7, 11) is 4.19. The SMILES string of the molecule is Cc1ccc(CC(C)C)c(CC(C)C)c1OCCOCCc1ccc(CN(C)C)cc1.Cl. The molecule has 0 amide bonds. The van der Waals surface area contributed by atoms with Crippen molar-refractivity contribution >= 4 is 12.4 Å². The summed E-state index contributed by atoms with van der Waals surface area (Å²) < 4.78 is 12.1. The standard InChI is InChI=1S/C28H43NO2.ClH/c1-21(2)18-26-13-8-23(5)28(27(26)19-22(3)4)31-17-16-30-15-14-24-9-11-25(12-10-24)20-29(6)7;/h8-13,21-22H,14-20H2,1-7H3;1H. The Labute approximate surface area is 202 Å². The Kier molecular flexibility index (Phi) is 13.0. The van der Waals surface area contributed by atoms with Gasteiger partial charge in [0.15, 0.2) is 0 Å². The summed E-state index contributed by atoms with van der Waals surface area (Å²) in [5.74, 6) is 2.32. The molecule has 0 unspecified atom stereocenters. The number of hydrogen-bond donors (Lipinski definition) is 0. The van der Waals surface area contributed by atoms with Gasteiger partial charge in [0.25, 0.3) is 0 Å². The summed E-state index contributed by atoms with van der Waals surface area (Å²) in [5.41, 5.74) is 6.71. The first-order chi connectivity index (χ1) is 14.8. The van der Waals surface area contributed by atoms with Gasteiger partial charge in [-0.1, -0.05) is 64.1 Å². The van der Waals surface area contributed by atoms with Crippen LogP contribution in [0.15, 0.2) is 36.4 Å². The molecule has 0 heterocycles. The molecule has 4 heteroatoms. The van der Waals surface area contributed by atoms with Gasteiger partial charge in [0.2, 0.25) is 0 Å². The Morgan fingerprint density at radius 3 is 2.00 bits per heavy atom. The number of halogens is 1. The van der Waals surface area contributed by atoms with Crippen molar-refractivity contribution in [2.45, 2.75) is 60.4 Å². The molecule has 0 aliphatic carbocycles. The van der Waals surface area contributed by atoms with Crippen LogP contribution in [0, 0.1) is 18.8 Å². The molecule has 0 saturated carbocycles. The summed E-state index contributed by atoms with van der Waals surface area (Å²) in [6, 6.07) is 13.3. The summed E-state index contributed by atoms with van der Waals surface area (Å²) in [6.45, 7) is 14.2. The minimum atomic E-state index is 0. The van der Waals surface area contributed by atoms with Gasteiger partial charge < -0.3 is 14.4 Å². The first-order valence-corrected chi connectivity index (χ1v) is 11.8. The average Bonchev–Trinajstić information content (AvgIpc) is 2.68. The third kappa shape index (κ3) is 9.94. The number of hydrogen-bond acceptors (Lipinski definition) is 3. The van der Waals surface area contributed by atoms with Crippen molar-refractivity contribution in [3.63, 3.8) is 0 Å². The maximum Gasteiger partial charge on any atom is 0.125 e. The Morgan fingerprint density at radius 2 is 1.41 bits per heavy atom. The highest BCUT2D eigenvalue weighted by atomic mass is 35.5. The van der Waals surface area contributed by atoms with Crippen molar-refractivity contribution in [2.75, 3.05) is 33.9 Å². The second kappa shape index (κ2) is 14.6. The number of benzene rings is 2. The summed E-state index contributed by atoms with van der Waals surface area (Å²) >= 11 is 0. The highest BCUT2D eigenvalue weighted by Crippen LogP contribution is 2.31. The van der Waals surface area contributed by atoms with E-state index in [9.17, 15) is 0 Å². The van der Waals surface area contributed by atoms with Crippen molar-refractivity contribution in [1.82, 2.24) is 4.90 Å². The van der Waals surface area contributed by atoms with Gasteiger partial charge in [0.05, 0.1) is 13.2 Å². The van der Waals surface area contributed by atoms with E-state index in [1.807, 2.05) is 0 Å². The van der Waals surface area contributed by atoms with E-state index in [4.69, 9.17) is 9.47 Å². The van der Waals surface area contributed by atoms with E-state index in [1.165, 1.54) is 27.8 Å². The third-order valence-electron chi connectivity index (χ3n) is 5.33. The zero-order chi connectivity index (χ0) is 22.8. The second-order valence-electron chi connectivity index (χ2n) is 9.81. The fourth-order valence-corrected chi connectivity index (χ4v) is 3.92. The van der Waals surface area contributed by atoms with Crippen LogP contribution in [0.2, 0.25) is 0 Å². The Hall–Kier alpha value is -1.55. The second-order valence-corrected chi connectivity index (χ2v) is 9.81. The predicted molar refractivity (Wildman–Crippen MR) is 139 cm³/mol. The van der Waals surface area contributed by atoms with Crippen molar-refractivity contribution in [3.8, 4) is 5.75 Å². The van der Waals surface area contributed by atoms with Crippen LogP contribution in [0.5, 0.6) is 5.75 Å². The Bertz CT molecular complexity index is 785. The normalized spacial score (nSPS) is 11.3. The molecule has 0 fully saturated rings. The lowest BCUT2D eigenvalue weighted by atomic mass is 9.90. The molecule has 0 aliphatic rings. The molecule has 32 heavy (non-hydrogen) atoms. The average molecular weight is 462 g/mol. The molecule has 0 bridgehead atoms. The molecule has 0 atom stereocenters. The number of rotatable bonds is 13. The highest BCUT2D eigenvalue weighted by molar-refractivity contribution is 5.85. The zero-order valence-corrected chi connectivity index (χ0v) is 22.1. The first kappa shape index (κ1) is 28.5. The fourth-order valence-electron chi connectivity index (χ4n) is 3.92. The van der Waals surface area contributed by atoms with Gasteiger partial charge in [-0.2, -0.15) is 0 Å². The lowest BCUT2D eigenvalue weighted by molar-refractivity contribution is 0.102.